The zero-order valence-electron chi connectivity index (χ0n) is 24.5. The SMILES string of the molecule is COc1ccc(N(CC(=O)N(Cc2ccc(C)cc2)[C@@H](Cc2ccccc2)C(=O)NC(C)C)S(C)(=O)=O)c(OC)c1. The molecule has 1 atom stereocenters. The van der Waals surface area contributed by atoms with Crippen molar-refractivity contribution >= 4 is 27.5 Å². The molecule has 0 radical (unpaired) electrons. The van der Waals surface area contributed by atoms with Crippen LogP contribution in [-0.2, 0) is 32.6 Å². The van der Waals surface area contributed by atoms with Gasteiger partial charge in [0.25, 0.3) is 0 Å². The van der Waals surface area contributed by atoms with Gasteiger partial charge in [-0.3, -0.25) is 13.9 Å². The van der Waals surface area contributed by atoms with Gasteiger partial charge in [0.1, 0.15) is 24.1 Å². The van der Waals surface area contributed by atoms with Crippen molar-refractivity contribution in [3.8, 4) is 11.5 Å². The second-order valence-corrected chi connectivity index (χ2v) is 12.1. The van der Waals surface area contributed by atoms with Crippen LogP contribution < -0.4 is 19.1 Å². The standard InChI is InChI=1S/C31H39N3O6S/c1-22(2)32-31(36)28(18-24-10-8-7-9-11-24)33(20-25-14-12-23(3)13-15-25)30(35)21-34(41(6,37)38)27-17-16-26(39-4)19-29(27)40-5/h7-17,19,22,28H,18,20-21H2,1-6H3,(H,32,36)/t28-/m0/s1. The van der Waals surface area contributed by atoms with Gasteiger partial charge in [-0.05, 0) is 44.0 Å². The Morgan fingerprint density at radius 3 is 2.12 bits per heavy atom. The summed E-state index contributed by atoms with van der Waals surface area (Å²) in [5.41, 5.74) is 2.92. The van der Waals surface area contributed by atoms with Gasteiger partial charge in [-0.1, -0.05) is 60.2 Å². The zero-order chi connectivity index (χ0) is 30.2. The largest absolute Gasteiger partial charge is 0.497 e. The van der Waals surface area contributed by atoms with E-state index in [4.69, 9.17) is 9.47 Å². The molecule has 0 aliphatic heterocycles. The van der Waals surface area contributed by atoms with Crippen LogP contribution in [0.4, 0.5) is 5.69 Å². The third-order valence-corrected chi connectivity index (χ3v) is 7.64. The molecule has 0 bridgehead atoms. The number of rotatable bonds is 13. The number of hydrogen-bond donors (Lipinski definition) is 1. The summed E-state index contributed by atoms with van der Waals surface area (Å²) >= 11 is 0. The molecule has 0 aromatic heterocycles. The second kappa shape index (κ2) is 14.0. The van der Waals surface area contributed by atoms with Crippen LogP contribution in [0.3, 0.4) is 0 Å². The number of methoxy groups -OCH3 is 2. The molecule has 3 aromatic rings. The van der Waals surface area contributed by atoms with Gasteiger partial charge in [0.05, 0.1) is 26.2 Å². The highest BCUT2D eigenvalue weighted by Crippen LogP contribution is 2.33. The summed E-state index contributed by atoms with van der Waals surface area (Å²) in [6.45, 7) is 5.25. The Morgan fingerprint density at radius 2 is 1.56 bits per heavy atom. The third kappa shape index (κ3) is 8.72. The first-order valence-electron chi connectivity index (χ1n) is 13.3. The van der Waals surface area contributed by atoms with E-state index in [1.165, 1.54) is 25.2 Å². The number of anilines is 1. The smallest absolute Gasteiger partial charge is 0.244 e. The Morgan fingerprint density at radius 1 is 0.902 bits per heavy atom. The van der Waals surface area contributed by atoms with E-state index >= 15 is 0 Å². The lowest BCUT2D eigenvalue weighted by Gasteiger charge is -2.34. The lowest BCUT2D eigenvalue weighted by molar-refractivity contribution is -0.140. The van der Waals surface area contributed by atoms with Crippen LogP contribution >= 0.6 is 0 Å². The van der Waals surface area contributed by atoms with Crippen molar-refractivity contribution < 1.29 is 27.5 Å². The average Bonchev–Trinajstić information content (AvgIpc) is 2.93. The maximum Gasteiger partial charge on any atom is 0.244 e. The van der Waals surface area contributed by atoms with E-state index in [-0.39, 0.29) is 36.4 Å². The molecule has 0 saturated heterocycles. The van der Waals surface area contributed by atoms with Gasteiger partial charge < -0.3 is 19.7 Å². The molecule has 9 nitrogen and oxygen atoms in total. The second-order valence-electron chi connectivity index (χ2n) is 10.2. The fraction of sp³-hybridized carbons (Fsp3) is 0.355. The van der Waals surface area contributed by atoms with Gasteiger partial charge in [0.2, 0.25) is 21.8 Å². The topological polar surface area (TPSA) is 105 Å². The van der Waals surface area contributed by atoms with Crippen LogP contribution in [0.25, 0.3) is 0 Å². The predicted molar refractivity (Wildman–Crippen MR) is 161 cm³/mol. The Bertz CT molecular complexity index is 1430. The highest BCUT2D eigenvalue weighted by molar-refractivity contribution is 7.92. The van der Waals surface area contributed by atoms with E-state index in [2.05, 4.69) is 5.32 Å². The number of aryl methyl sites for hydroxylation is 1. The monoisotopic (exact) mass is 581 g/mol. The molecule has 0 saturated carbocycles. The lowest BCUT2D eigenvalue weighted by atomic mass is 10.0. The van der Waals surface area contributed by atoms with Crippen molar-refractivity contribution in [2.45, 2.75) is 45.8 Å². The molecule has 0 heterocycles. The molecule has 0 aliphatic rings. The molecule has 3 rings (SSSR count). The van der Waals surface area contributed by atoms with Crippen molar-refractivity contribution in [1.82, 2.24) is 10.2 Å². The number of amides is 2. The number of carbonyl (C=O) groups is 2. The third-order valence-electron chi connectivity index (χ3n) is 6.51. The summed E-state index contributed by atoms with van der Waals surface area (Å²) in [4.78, 5) is 29.2. The molecule has 3 aromatic carbocycles. The molecule has 2 amide bonds. The quantitative estimate of drug-likeness (QED) is 0.328. The Kier molecular flexibility index (Phi) is 10.8. The van der Waals surface area contributed by atoms with E-state index in [0.717, 1.165) is 27.3 Å². The number of ether oxygens (including phenoxy) is 2. The summed E-state index contributed by atoms with van der Waals surface area (Å²) in [6.07, 6.45) is 1.28. The zero-order valence-corrected chi connectivity index (χ0v) is 25.3. The molecular formula is C31H39N3O6S. The average molecular weight is 582 g/mol. The van der Waals surface area contributed by atoms with Crippen molar-refractivity contribution in [2.75, 3.05) is 31.3 Å². The number of benzene rings is 3. The molecule has 0 aliphatic carbocycles. The summed E-state index contributed by atoms with van der Waals surface area (Å²) in [5, 5.41) is 2.94. The minimum absolute atomic E-state index is 0.111. The fourth-order valence-electron chi connectivity index (χ4n) is 4.41. The van der Waals surface area contributed by atoms with E-state index < -0.39 is 28.5 Å². The van der Waals surface area contributed by atoms with Gasteiger partial charge in [-0.2, -0.15) is 0 Å². The first-order valence-corrected chi connectivity index (χ1v) is 15.2. The number of hydrogen-bond acceptors (Lipinski definition) is 6. The minimum atomic E-state index is -3.94. The number of sulfonamides is 1. The maximum absolute atomic E-state index is 14.2. The molecule has 1 N–H and O–H groups in total. The highest BCUT2D eigenvalue weighted by Gasteiger charge is 2.34. The van der Waals surface area contributed by atoms with Gasteiger partial charge in [-0.15, -0.1) is 0 Å². The Balaban J connectivity index is 2.08. The van der Waals surface area contributed by atoms with Crippen LogP contribution in [0.2, 0.25) is 0 Å². The summed E-state index contributed by atoms with van der Waals surface area (Å²) in [7, 11) is -1.03. The molecule has 0 unspecified atom stereocenters. The predicted octanol–water partition coefficient (Wildman–Crippen LogP) is 3.94. The summed E-state index contributed by atoms with van der Waals surface area (Å²) in [5.74, 6) is -0.156. The Labute approximate surface area is 243 Å². The van der Waals surface area contributed by atoms with Crippen LogP contribution in [-0.4, -0.2) is 64.2 Å². The van der Waals surface area contributed by atoms with E-state index in [1.807, 2.05) is 75.4 Å². The summed E-state index contributed by atoms with van der Waals surface area (Å²) in [6, 6.07) is 20.7. The van der Waals surface area contributed by atoms with Crippen molar-refractivity contribution in [3.05, 3.63) is 89.5 Å². The highest BCUT2D eigenvalue weighted by atomic mass is 32.2. The molecule has 41 heavy (non-hydrogen) atoms. The van der Waals surface area contributed by atoms with E-state index in [9.17, 15) is 18.0 Å². The number of carbonyl (C=O) groups excluding carboxylic acids is 2. The molecule has 10 heteroatoms. The first kappa shape index (κ1) is 31.5. The van der Waals surface area contributed by atoms with E-state index in [1.54, 1.807) is 12.1 Å². The van der Waals surface area contributed by atoms with Crippen LogP contribution in [0.5, 0.6) is 11.5 Å². The van der Waals surface area contributed by atoms with Gasteiger partial charge in [0, 0.05) is 25.1 Å². The molecular weight excluding hydrogens is 542 g/mol. The van der Waals surface area contributed by atoms with Crippen LogP contribution in [0, 0.1) is 6.92 Å². The summed E-state index contributed by atoms with van der Waals surface area (Å²) < 4.78 is 37.8. The number of nitrogens with zero attached hydrogens (tertiary/aromatic N) is 2. The van der Waals surface area contributed by atoms with Crippen LogP contribution in [0.15, 0.2) is 72.8 Å². The van der Waals surface area contributed by atoms with Crippen LogP contribution in [0.1, 0.15) is 30.5 Å². The van der Waals surface area contributed by atoms with Crippen molar-refractivity contribution in [2.24, 2.45) is 0 Å². The molecule has 0 fully saturated rings. The Hall–Kier alpha value is -4.05. The number of nitrogens with one attached hydrogen (secondary N) is 1. The first-order chi connectivity index (χ1) is 19.4. The normalized spacial score (nSPS) is 12.0. The van der Waals surface area contributed by atoms with Crippen molar-refractivity contribution in [1.29, 1.82) is 0 Å². The van der Waals surface area contributed by atoms with E-state index in [0.29, 0.717) is 5.75 Å². The van der Waals surface area contributed by atoms with Gasteiger partial charge in [-0.25, -0.2) is 8.42 Å². The van der Waals surface area contributed by atoms with Gasteiger partial charge in [0.15, 0.2) is 0 Å². The molecule has 220 valence electrons. The van der Waals surface area contributed by atoms with Gasteiger partial charge >= 0.3 is 0 Å². The fourth-order valence-corrected chi connectivity index (χ4v) is 5.26. The molecule has 0 spiro atoms. The lowest BCUT2D eigenvalue weighted by Crippen LogP contribution is -2.54. The maximum atomic E-state index is 14.2. The van der Waals surface area contributed by atoms with Crippen molar-refractivity contribution in [3.63, 3.8) is 0 Å². The minimum Gasteiger partial charge on any atom is -0.497 e.